The van der Waals surface area contributed by atoms with E-state index in [-0.39, 0.29) is 12.8 Å². The fraction of sp³-hybridized carbons (Fsp3) is 0.455. The van der Waals surface area contributed by atoms with E-state index in [9.17, 15) is 39.0 Å². The number of β-lactam (4-membered cyclic amide) rings is 2. The highest BCUT2D eigenvalue weighted by atomic mass is 32.2. The lowest BCUT2D eigenvalue weighted by molar-refractivity contribution is -0.186. The van der Waals surface area contributed by atoms with E-state index >= 15 is 0 Å². The summed E-state index contributed by atoms with van der Waals surface area (Å²) in [6.45, 7) is 6.58. The van der Waals surface area contributed by atoms with Crippen LogP contribution in [0.1, 0.15) is 45.2 Å². The van der Waals surface area contributed by atoms with Crippen LogP contribution in [0.3, 0.4) is 0 Å². The Morgan fingerprint density at radius 2 is 1.00 bits per heavy atom. The zero-order chi connectivity index (χ0) is 34.1. The van der Waals surface area contributed by atoms with Crippen molar-refractivity contribution in [2.24, 2.45) is 0 Å². The number of hydrogen-bond donors (Lipinski definition) is 4. The molecule has 0 saturated carbocycles. The van der Waals surface area contributed by atoms with E-state index < -0.39 is 85.4 Å². The minimum absolute atomic E-state index is 0.0323. The number of carbonyl (C=O) groups excluding carboxylic acids is 4. The number of aliphatic carboxylic acids is 2. The zero-order valence-electron chi connectivity index (χ0n) is 26.3. The molecule has 0 unspecified atom stereocenters. The largest absolute Gasteiger partial charge is 0.479 e. The van der Waals surface area contributed by atoms with Crippen LogP contribution in [-0.4, -0.2) is 99.0 Å². The molecule has 4 fully saturated rings. The molecule has 4 heterocycles. The minimum atomic E-state index is -2.05. The lowest BCUT2D eigenvalue weighted by atomic mass is 9.66. The van der Waals surface area contributed by atoms with Crippen molar-refractivity contribution in [3.05, 3.63) is 71.8 Å². The SMILES string of the molecule is CC1(C)S[C@@H]2[C@H](NC(=O)Cc3ccccc3)C(=O)N2[C@]1(C[C@]1(C(=O)O)N2C(=O)[C@@H](NC(=O)Cc3ccccc3)[C@H]2SC1(C)C)C(=O)O. The van der Waals surface area contributed by atoms with Crippen LogP contribution in [-0.2, 0) is 41.6 Å². The molecule has 2 aromatic rings. The molecule has 4 amide bonds. The van der Waals surface area contributed by atoms with Crippen LogP contribution in [0.25, 0.3) is 0 Å². The van der Waals surface area contributed by atoms with E-state index in [2.05, 4.69) is 10.6 Å². The second-order valence-electron chi connectivity index (χ2n) is 13.4. The van der Waals surface area contributed by atoms with Crippen molar-refractivity contribution in [3.63, 3.8) is 0 Å². The van der Waals surface area contributed by atoms with Gasteiger partial charge in [-0.25, -0.2) is 9.59 Å². The van der Waals surface area contributed by atoms with Crippen LogP contribution in [0.2, 0.25) is 0 Å². The van der Waals surface area contributed by atoms with Gasteiger partial charge in [0.25, 0.3) is 0 Å². The number of nitrogens with zero attached hydrogens (tertiary/aromatic N) is 2. The number of thioether (sulfide) groups is 2. The Morgan fingerprint density at radius 1 is 0.660 bits per heavy atom. The van der Waals surface area contributed by atoms with Crippen molar-refractivity contribution in [3.8, 4) is 0 Å². The molecule has 0 spiro atoms. The van der Waals surface area contributed by atoms with Gasteiger partial charge in [0.15, 0.2) is 11.1 Å². The molecule has 47 heavy (non-hydrogen) atoms. The monoisotopic (exact) mass is 680 g/mol. The molecule has 0 aliphatic carbocycles. The number of nitrogens with one attached hydrogen (secondary N) is 2. The van der Waals surface area contributed by atoms with Crippen LogP contribution in [0, 0.1) is 0 Å². The summed E-state index contributed by atoms with van der Waals surface area (Å²) >= 11 is 2.37. The standard InChI is InChI=1S/C33H36N4O8S2/c1-30(2)32(28(42)43,36-24(40)22(26(36)46-30)34-20(38)15-18-11-7-5-8-12-18)17-33(29(44)45)31(3,4)47-27-23(25(41)37(27)33)35-21(39)16-19-13-9-6-10-14-19/h5-14,22-23,26-27H,15-17H2,1-4H3,(H,34,38)(H,35,39)(H,42,43)(H,44,45)/t22-,23-,26-,27-,32-,33-/m1/s1. The quantitative estimate of drug-likeness (QED) is 0.272. The van der Waals surface area contributed by atoms with Crippen molar-refractivity contribution in [2.75, 3.05) is 0 Å². The molecule has 6 atom stereocenters. The zero-order valence-corrected chi connectivity index (χ0v) is 27.9. The van der Waals surface area contributed by atoms with Crippen molar-refractivity contribution < 1.29 is 39.0 Å². The van der Waals surface area contributed by atoms with E-state index in [1.54, 1.807) is 76.2 Å². The smallest absolute Gasteiger partial charge is 0.331 e. The number of fused-ring (bicyclic) bond motifs is 2. The molecular formula is C33H36N4O8S2. The van der Waals surface area contributed by atoms with Gasteiger partial charge in [0.05, 0.1) is 12.8 Å². The fourth-order valence-electron chi connectivity index (χ4n) is 7.48. The van der Waals surface area contributed by atoms with Crippen LogP contribution >= 0.6 is 23.5 Å². The predicted molar refractivity (Wildman–Crippen MR) is 174 cm³/mol. The average molecular weight is 681 g/mol. The lowest BCUT2D eigenvalue weighted by Gasteiger charge is -2.56. The number of carboxylic acids is 2. The summed E-state index contributed by atoms with van der Waals surface area (Å²) in [6.07, 6.45) is -0.528. The molecule has 0 bridgehead atoms. The highest BCUT2D eigenvalue weighted by Gasteiger charge is 2.80. The van der Waals surface area contributed by atoms with E-state index in [1.807, 2.05) is 12.1 Å². The maximum atomic E-state index is 13.7. The van der Waals surface area contributed by atoms with Crippen LogP contribution in [0.15, 0.2) is 60.7 Å². The molecule has 12 nitrogen and oxygen atoms in total. The van der Waals surface area contributed by atoms with E-state index in [1.165, 1.54) is 33.3 Å². The average Bonchev–Trinajstić information content (AvgIpc) is 3.36. The lowest BCUT2D eigenvalue weighted by Crippen LogP contribution is -2.81. The molecule has 14 heteroatoms. The molecular weight excluding hydrogens is 645 g/mol. The number of carboxylic acid groups (broad SMARTS) is 2. The molecule has 248 valence electrons. The van der Waals surface area contributed by atoms with Gasteiger partial charge in [0, 0.05) is 15.9 Å². The van der Waals surface area contributed by atoms with Gasteiger partial charge >= 0.3 is 11.9 Å². The van der Waals surface area contributed by atoms with Crippen molar-refractivity contribution in [1.82, 2.24) is 20.4 Å². The second-order valence-corrected chi connectivity index (χ2v) is 16.9. The van der Waals surface area contributed by atoms with Crippen molar-refractivity contribution >= 4 is 59.1 Å². The number of benzene rings is 2. The number of amides is 4. The summed E-state index contributed by atoms with van der Waals surface area (Å²) in [6, 6.07) is 16.0. The highest BCUT2D eigenvalue weighted by molar-refractivity contribution is 8.02. The Kier molecular flexibility index (Phi) is 7.90. The van der Waals surface area contributed by atoms with Gasteiger partial charge in [-0.3, -0.25) is 19.2 Å². The molecule has 0 aromatic heterocycles. The Morgan fingerprint density at radius 3 is 1.32 bits per heavy atom. The van der Waals surface area contributed by atoms with Gasteiger partial charge in [-0.05, 0) is 38.8 Å². The van der Waals surface area contributed by atoms with Gasteiger partial charge in [-0.2, -0.15) is 0 Å². The Balaban J connectivity index is 1.27. The number of carbonyl (C=O) groups is 6. The number of rotatable bonds is 10. The molecule has 0 radical (unpaired) electrons. The van der Waals surface area contributed by atoms with Gasteiger partial charge in [0.2, 0.25) is 23.6 Å². The van der Waals surface area contributed by atoms with Crippen LogP contribution < -0.4 is 10.6 Å². The Labute approximate surface area is 280 Å². The molecule has 4 saturated heterocycles. The Hall–Kier alpha value is -4.04. The number of hydrogen-bond acceptors (Lipinski definition) is 8. The highest BCUT2D eigenvalue weighted by Crippen LogP contribution is 2.65. The topological polar surface area (TPSA) is 173 Å². The van der Waals surface area contributed by atoms with Gasteiger partial charge in [-0.1, -0.05) is 60.7 Å². The van der Waals surface area contributed by atoms with E-state index in [0.29, 0.717) is 0 Å². The first-order valence-electron chi connectivity index (χ1n) is 15.2. The van der Waals surface area contributed by atoms with Gasteiger partial charge in [-0.15, -0.1) is 23.5 Å². The van der Waals surface area contributed by atoms with Gasteiger partial charge < -0.3 is 30.6 Å². The Bertz CT molecular complexity index is 1550. The summed E-state index contributed by atoms with van der Waals surface area (Å²) in [5.74, 6) is -4.84. The first kappa shape index (κ1) is 32.9. The van der Waals surface area contributed by atoms with Crippen LogP contribution in [0.5, 0.6) is 0 Å². The maximum absolute atomic E-state index is 13.7. The van der Waals surface area contributed by atoms with E-state index in [0.717, 1.165) is 11.1 Å². The predicted octanol–water partition coefficient (Wildman–Crippen LogP) is 1.87. The van der Waals surface area contributed by atoms with Gasteiger partial charge in [0.1, 0.15) is 22.8 Å². The fourth-order valence-corrected chi connectivity index (χ4v) is 11.0. The summed E-state index contributed by atoms with van der Waals surface area (Å²) in [7, 11) is 0. The summed E-state index contributed by atoms with van der Waals surface area (Å²) in [4.78, 5) is 82.5. The third kappa shape index (κ3) is 4.82. The molecule has 6 rings (SSSR count). The maximum Gasteiger partial charge on any atom is 0.331 e. The van der Waals surface area contributed by atoms with Crippen molar-refractivity contribution in [1.29, 1.82) is 0 Å². The third-order valence-corrected chi connectivity index (χ3v) is 13.3. The molecule has 2 aromatic carbocycles. The molecule has 4 aliphatic rings. The molecule has 4 N–H and O–H groups in total. The first-order valence-corrected chi connectivity index (χ1v) is 17.0. The second kappa shape index (κ2) is 11.3. The normalized spacial score (nSPS) is 31.2. The first-order chi connectivity index (χ1) is 22.1. The van der Waals surface area contributed by atoms with Crippen LogP contribution in [0.4, 0.5) is 0 Å². The van der Waals surface area contributed by atoms with E-state index in [4.69, 9.17) is 0 Å². The van der Waals surface area contributed by atoms with Crippen molar-refractivity contribution in [2.45, 2.75) is 90.4 Å². The molecule has 4 aliphatic heterocycles. The summed E-state index contributed by atoms with van der Waals surface area (Å²) < 4.78 is -2.45. The minimum Gasteiger partial charge on any atom is -0.479 e. The summed E-state index contributed by atoms with van der Waals surface area (Å²) in [5, 5.41) is 25.8. The summed E-state index contributed by atoms with van der Waals surface area (Å²) in [5.41, 5.74) is -2.60. The third-order valence-electron chi connectivity index (χ3n) is 10.00.